The van der Waals surface area contributed by atoms with Gasteiger partial charge < -0.3 is 10.1 Å². The smallest absolute Gasteiger partial charge is 0.341 e. The van der Waals surface area contributed by atoms with Crippen LogP contribution in [0.15, 0.2) is 71.8 Å². The van der Waals surface area contributed by atoms with Gasteiger partial charge in [0.25, 0.3) is 0 Å². The molecule has 3 rings (SSSR count). The number of nitrogens with one attached hydrogen (secondary N) is 1. The predicted octanol–water partition coefficient (Wildman–Crippen LogP) is 4.62. The first-order valence-corrected chi connectivity index (χ1v) is 9.63. The number of hydrogen-bond donors (Lipinski definition) is 1. The molecule has 0 bridgehead atoms. The molecule has 0 aliphatic heterocycles. The molecule has 1 N–H and O–H groups in total. The van der Waals surface area contributed by atoms with Gasteiger partial charge in [0.15, 0.2) is 0 Å². The maximum Gasteiger partial charge on any atom is 0.341 e. The Bertz CT molecular complexity index is 1040. The summed E-state index contributed by atoms with van der Waals surface area (Å²) in [5.74, 6) is -3.06. The van der Waals surface area contributed by atoms with Gasteiger partial charge in [-0.25, -0.2) is 17.8 Å². The number of pyridine rings is 1. The third kappa shape index (κ3) is 4.80. The fourth-order valence-corrected chi connectivity index (χ4v) is 3.03. The maximum atomic E-state index is 12.9. The first-order valence-electron chi connectivity index (χ1n) is 8.09. The summed E-state index contributed by atoms with van der Waals surface area (Å²) in [7, 11) is -4.61. The third-order valence-electron chi connectivity index (χ3n) is 3.75. The van der Waals surface area contributed by atoms with Crippen LogP contribution >= 0.6 is 0 Å². The topological polar surface area (TPSA) is 68.3 Å². The molecule has 0 unspecified atom stereocenters. The molecule has 0 saturated heterocycles. The first-order chi connectivity index (χ1) is 13.3. The van der Waals surface area contributed by atoms with Gasteiger partial charge in [0, 0.05) is 24.5 Å². The molecule has 0 saturated carbocycles. The lowest BCUT2D eigenvalue weighted by Gasteiger charge is -2.09. The van der Waals surface area contributed by atoms with E-state index in [-0.39, 0.29) is 5.82 Å². The Morgan fingerprint density at radius 1 is 1.00 bits per heavy atom. The van der Waals surface area contributed by atoms with Crippen molar-refractivity contribution in [1.82, 2.24) is 4.98 Å². The van der Waals surface area contributed by atoms with Crippen LogP contribution in [0.25, 0.3) is 0 Å². The summed E-state index contributed by atoms with van der Waals surface area (Å²) in [6, 6.07) is 14.0. The Kier molecular flexibility index (Phi) is 5.84. The molecule has 146 valence electrons. The van der Waals surface area contributed by atoms with Gasteiger partial charge in [-0.15, -0.1) is 0 Å². The zero-order chi connectivity index (χ0) is 20.1. The van der Waals surface area contributed by atoms with Gasteiger partial charge in [-0.1, -0.05) is 0 Å². The van der Waals surface area contributed by atoms with E-state index in [1.807, 2.05) is 0 Å². The highest BCUT2D eigenvalue weighted by Crippen LogP contribution is 2.22. The lowest BCUT2D eigenvalue weighted by atomic mass is 10.2. The second-order valence-corrected chi connectivity index (χ2v) is 7.66. The summed E-state index contributed by atoms with van der Waals surface area (Å²) >= 11 is 0. The van der Waals surface area contributed by atoms with Crippen LogP contribution in [0, 0.1) is 5.82 Å². The highest BCUT2D eigenvalue weighted by molar-refractivity contribution is 7.91. The molecular weight excluding hydrogens is 393 g/mol. The zero-order valence-corrected chi connectivity index (χ0v) is 15.2. The summed E-state index contributed by atoms with van der Waals surface area (Å²) in [5, 5.41) is 3.05. The normalized spacial score (nSPS) is 11.4. The van der Waals surface area contributed by atoms with Crippen molar-refractivity contribution in [3.63, 3.8) is 0 Å². The number of hydrogen-bond acceptors (Lipinski definition) is 5. The predicted molar refractivity (Wildman–Crippen MR) is 97.7 cm³/mol. The van der Waals surface area contributed by atoms with Crippen LogP contribution in [0.3, 0.4) is 0 Å². The van der Waals surface area contributed by atoms with Crippen LogP contribution in [0.2, 0.25) is 0 Å². The molecule has 0 fully saturated rings. The number of benzene rings is 2. The standard InChI is InChI=1S/C19H15F3N2O3S/c20-14-1-5-16(6-2-14)27-18-11-13(9-10-23-18)12-24-15-3-7-17(8-4-15)28(25,26)19(21)22/h1-11,19,24H,12H2. The summed E-state index contributed by atoms with van der Waals surface area (Å²) in [6.45, 7) is 0.364. The molecule has 9 heteroatoms. The quantitative estimate of drug-likeness (QED) is 0.618. The SMILES string of the molecule is O=S(=O)(c1ccc(NCc2ccnc(Oc3ccc(F)cc3)c2)cc1)C(F)F. The Labute approximate surface area is 159 Å². The van der Waals surface area contributed by atoms with Crippen molar-refractivity contribution < 1.29 is 26.3 Å². The minimum absolute atomic E-state index is 0.323. The van der Waals surface area contributed by atoms with Gasteiger partial charge >= 0.3 is 5.76 Å². The van der Waals surface area contributed by atoms with E-state index >= 15 is 0 Å². The Morgan fingerprint density at radius 2 is 1.68 bits per heavy atom. The van der Waals surface area contributed by atoms with Crippen LogP contribution in [0.4, 0.5) is 18.9 Å². The number of rotatable bonds is 7. The van der Waals surface area contributed by atoms with Gasteiger partial charge in [-0.05, 0) is 60.2 Å². The summed E-state index contributed by atoms with van der Waals surface area (Å²) < 4.78 is 66.4. The van der Waals surface area contributed by atoms with E-state index in [1.165, 1.54) is 36.4 Å². The van der Waals surface area contributed by atoms with Crippen LogP contribution in [0.5, 0.6) is 11.6 Å². The van der Waals surface area contributed by atoms with Crippen molar-refractivity contribution in [1.29, 1.82) is 0 Å². The Morgan fingerprint density at radius 3 is 2.32 bits per heavy atom. The van der Waals surface area contributed by atoms with Crippen molar-refractivity contribution in [2.45, 2.75) is 17.2 Å². The average Bonchev–Trinajstić information content (AvgIpc) is 2.69. The molecule has 0 amide bonds. The summed E-state index contributed by atoms with van der Waals surface area (Å²) in [6.07, 6.45) is 1.55. The molecule has 5 nitrogen and oxygen atoms in total. The molecule has 0 atom stereocenters. The second kappa shape index (κ2) is 8.30. The van der Waals surface area contributed by atoms with Crippen molar-refractivity contribution in [3.8, 4) is 11.6 Å². The molecule has 2 aromatic carbocycles. The molecular formula is C19H15F3N2O3S. The van der Waals surface area contributed by atoms with E-state index in [0.29, 0.717) is 23.9 Å². The van der Waals surface area contributed by atoms with Gasteiger partial charge in [0.1, 0.15) is 11.6 Å². The number of halogens is 3. The van der Waals surface area contributed by atoms with E-state index in [0.717, 1.165) is 17.7 Å². The number of aromatic nitrogens is 1. The van der Waals surface area contributed by atoms with Gasteiger partial charge in [0.05, 0.1) is 4.90 Å². The molecule has 1 aromatic heterocycles. The fourth-order valence-electron chi connectivity index (χ4n) is 2.31. The van der Waals surface area contributed by atoms with Crippen molar-refractivity contribution >= 4 is 15.5 Å². The minimum Gasteiger partial charge on any atom is -0.439 e. The van der Waals surface area contributed by atoms with E-state index in [4.69, 9.17) is 4.74 Å². The Balaban J connectivity index is 1.64. The maximum absolute atomic E-state index is 12.9. The lowest BCUT2D eigenvalue weighted by molar-refractivity contribution is 0.234. The van der Waals surface area contributed by atoms with Gasteiger partial charge in [0.2, 0.25) is 15.7 Å². The van der Waals surface area contributed by atoms with E-state index in [1.54, 1.807) is 18.3 Å². The second-order valence-electron chi connectivity index (χ2n) is 5.74. The largest absolute Gasteiger partial charge is 0.439 e. The molecule has 0 spiro atoms. The van der Waals surface area contributed by atoms with Crippen LogP contribution in [-0.2, 0) is 16.4 Å². The average molecular weight is 408 g/mol. The molecule has 0 radical (unpaired) electrons. The molecule has 28 heavy (non-hydrogen) atoms. The van der Waals surface area contributed by atoms with Gasteiger partial charge in [-0.2, -0.15) is 8.78 Å². The summed E-state index contributed by atoms with van der Waals surface area (Å²) in [4.78, 5) is 3.65. The molecule has 0 aliphatic carbocycles. The monoisotopic (exact) mass is 408 g/mol. The third-order valence-corrected chi connectivity index (χ3v) is 5.15. The molecule has 1 heterocycles. The molecule has 3 aromatic rings. The number of anilines is 1. The number of alkyl halides is 2. The van der Waals surface area contributed by atoms with Crippen LogP contribution in [0.1, 0.15) is 5.56 Å². The van der Waals surface area contributed by atoms with Crippen LogP contribution in [-0.4, -0.2) is 19.2 Å². The Hall–Kier alpha value is -3.07. The van der Waals surface area contributed by atoms with E-state index in [2.05, 4.69) is 10.3 Å². The lowest BCUT2D eigenvalue weighted by Crippen LogP contribution is -2.11. The minimum atomic E-state index is -4.61. The molecule has 0 aliphatic rings. The highest BCUT2D eigenvalue weighted by atomic mass is 32.2. The zero-order valence-electron chi connectivity index (χ0n) is 14.3. The van der Waals surface area contributed by atoms with Crippen molar-refractivity contribution in [2.75, 3.05) is 5.32 Å². The first kappa shape index (κ1) is 19.7. The number of ether oxygens (including phenoxy) is 1. The van der Waals surface area contributed by atoms with Gasteiger partial charge in [-0.3, -0.25) is 0 Å². The highest BCUT2D eigenvalue weighted by Gasteiger charge is 2.26. The van der Waals surface area contributed by atoms with Crippen LogP contribution < -0.4 is 10.1 Å². The number of nitrogens with zero attached hydrogens (tertiary/aromatic N) is 1. The van der Waals surface area contributed by atoms with E-state index < -0.39 is 20.5 Å². The van der Waals surface area contributed by atoms with E-state index in [9.17, 15) is 21.6 Å². The van der Waals surface area contributed by atoms with Crippen molar-refractivity contribution in [2.24, 2.45) is 0 Å². The van der Waals surface area contributed by atoms with Crippen molar-refractivity contribution in [3.05, 3.63) is 78.2 Å². The number of sulfone groups is 1. The summed E-state index contributed by atoms with van der Waals surface area (Å²) in [5.41, 5.74) is 1.38. The fraction of sp³-hybridized carbons (Fsp3) is 0.105.